The summed E-state index contributed by atoms with van der Waals surface area (Å²) in [6.07, 6.45) is 5.28. The van der Waals surface area contributed by atoms with E-state index >= 15 is 0 Å². The Labute approximate surface area is 213 Å². The number of nitrogens with zero attached hydrogens (tertiary/aromatic N) is 6. The molecular formula is C27H27N7O3. The number of hydrogen-bond acceptors (Lipinski definition) is 8. The van der Waals surface area contributed by atoms with Crippen molar-refractivity contribution in [1.29, 1.82) is 0 Å². The third-order valence-electron chi connectivity index (χ3n) is 6.87. The molecule has 0 spiro atoms. The Kier molecular flexibility index (Phi) is 5.91. The summed E-state index contributed by atoms with van der Waals surface area (Å²) in [7, 11) is 1.64. The summed E-state index contributed by atoms with van der Waals surface area (Å²) < 4.78 is 12.0. The van der Waals surface area contributed by atoms with Gasteiger partial charge in [-0.1, -0.05) is 12.1 Å². The lowest BCUT2D eigenvalue weighted by molar-refractivity contribution is -0.116. The van der Waals surface area contributed by atoms with E-state index < -0.39 is 0 Å². The van der Waals surface area contributed by atoms with E-state index in [4.69, 9.17) is 9.37 Å². The second-order valence-corrected chi connectivity index (χ2v) is 9.22. The standard InChI is InChI=1S/C27H27N7O3/c1-17-24-20(18-6-8-19(36-2)9-7-18)12-13-28-27(24)34(30-17)16-23(35)29-21-10-11-22(26-25(21)31-37-32-26)33-14-4-3-5-15-33/h6-13H,3-5,14-16H2,1-2H3,(H,29,35). The second kappa shape index (κ2) is 9.53. The van der Waals surface area contributed by atoms with Crippen molar-refractivity contribution >= 4 is 39.3 Å². The smallest absolute Gasteiger partial charge is 0.246 e. The minimum absolute atomic E-state index is 0.00402. The zero-order chi connectivity index (χ0) is 25.4. The predicted molar refractivity (Wildman–Crippen MR) is 141 cm³/mol. The van der Waals surface area contributed by atoms with E-state index in [-0.39, 0.29) is 12.5 Å². The van der Waals surface area contributed by atoms with Gasteiger partial charge < -0.3 is 15.0 Å². The number of amides is 1. The highest BCUT2D eigenvalue weighted by molar-refractivity contribution is 6.03. The number of piperidine rings is 1. The molecule has 1 aliphatic heterocycles. The van der Waals surface area contributed by atoms with Crippen LogP contribution in [-0.4, -0.2) is 51.2 Å². The van der Waals surface area contributed by atoms with Crippen LogP contribution >= 0.6 is 0 Å². The zero-order valence-corrected chi connectivity index (χ0v) is 20.8. The van der Waals surface area contributed by atoms with Crippen LogP contribution in [0.1, 0.15) is 25.0 Å². The Morgan fingerprint density at radius 1 is 1.03 bits per heavy atom. The van der Waals surface area contributed by atoms with Gasteiger partial charge in [0.05, 0.1) is 24.2 Å². The van der Waals surface area contributed by atoms with Crippen molar-refractivity contribution in [3.63, 3.8) is 0 Å². The molecule has 0 unspecified atom stereocenters. The number of ether oxygens (including phenoxy) is 1. The maximum atomic E-state index is 13.1. The third-order valence-corrected chi connectivity index (χ3v) is 6.87. The number of carbonyl (C=O) groups excluding carboxylic acids is 1. The fourth-order valence-corrected chi connectivity index (χ4v) is 5.07. The number of hydrogen-bond donors (Lipinski definition) is 1. The molecule has 3 aromatic heterocycles. The molecule has 1 aliphatic rings. The van der Waals surface area contributed by atoms with Crippen molar-refractivity contribution in [2.24, 2.45) is 0 Å². The maximum Gasteiger partial charge on any atom is 0.246 e. The molecule has 10 heteroatoms. The van der Waals surface area contributed by atoms with E-state index in [1.54, 1.807) is 18.0 Å². The number of nitrogens with one attached hydrogen (secondary N) is 1. The molecule has 0 atom stereocenters. The number of methoxy groups -OCH3 is 1. The van der Waals surface area contributed by atoms with Crippen LogP contribution < -0.4 is 15.0 Å². The van der Waals surface area contributed by atoms with Crippen molar-refractivity contribution in [3.05, 3.63) is 54.4 Å². The Hall–Kier alpha value is -4.47. The molecular weight excluding hydrogens is 470 g/mol. The third kappa shape index (κ3) is 4.24. The van der Waals surface area contributed by atoms with Crippen LogP contribution in [0.25, 0.3) is 33.2 Å². The number of pyridine rings is 1. The summed E-state index contributed by atoms with van der Waals surface area (Å²) in [6, 6.07) is 13.6. The first kappa shape index (κ1) is 23.0. The number of fused-ring (bicyclic) bond motifs is 2. The number of aromatic nitrogens is 5. The second-order valence-electron chi connectivity index (χ2n) is 9.22. The highest BCUT2D eigenvalue weighted by atomic mass is 16.6. The quantitative estimate of drug-likeness (QED) is 0.363. The van der Waals surface area contributed by atoms with Gasteiger partial charge in [0, 0.05) is 24.7 Å². The van der Waals surface area contributed by atoms with Crippen molar-refractivity contribution in [2.75, 3.05) is 30.4 Å². The average molecular weight is 498 g/mol. The lowest BCUT2D eigenvalue weighted by atomic mass is 10.0. The predicted octanol–water partition coefficient (Wildman–Crippen LogP) is 4.58. The van der Waals surface area contributed by atoms with Gasteiger partial charge in [-0.3, -0.25) is 4.79 Å². The maximum absolute atomic E-state index is 13.1. The van der Waals surface area contributed by atoms with Crippen LogP contribution in [0.5, 0.6) is 5.75 Å². The van der Waals surface area contributed by atoms with Gasteiger partial charge >= 0.3 is 0 Å². The Balaban J connectivity index is 1.26. The number of benzene rings is 2. The van der Waals surface area contributed by atoms with Crippen LogP contribution in [0.4, 0.5) is 11.4 Å². The summed E-state index contributed by atoms with van der Waals surface area (Å²) in [6.45, 7) is 3.88. The van der Waals surface area contributed by atoms with E-state index in [2.05, 4.69) is 30.6 Å². The monoisotopic (exact) mass is 497 g/mol. The topological polar surface area (TPSA) is 111 Å². The lowest BCUT2D eigenvalue weighted by Gasteiger charge is -2.28. The summed E-state index contributed by atoms with van der Waals surface area (Å²) in [5.41, 5.74) is 6.21. The normalized spacial score (nSPS) is 13.8. The Morgan fingerprint density at radius 3 is 2.59 bits per heavy atom. The average Bonchev–Trinajstić information content (AvgIpc) is 3.55. The Bertz CT molecular complexity index is 1580. The fourth-order valence-electron chi connectivity index (χ4n) is 5.07. The largest absolute Gasteiger partial charge is 0.497 e. The summed E-state index contributed by atoms with van der Waals surface area (Å²) in [5.74, 6) is 0.551. The minimum Gasteiger partial charge on any atom is -0.497 e. The van der Waals surface area contributed by atoms with Gasteiger partial charge in [0.15, 0.2) is 16.7 Å². The van der Waals surface area contributed by atoms with Crippen molar-refractivity contribution < 1.29 is 14.2 Å². The van der Waals surface area contributed by atoms with E-state index in [1.165, 1.54) is 6.42 Å². The number of aryl methyl sites for hydroxylation is 1. The molecule has 188 valence electrons. The molecule has 1 N–H and O–H groups in total. The molecule has 1 amide bonds. The fraction of sp³-hybridized carbons (Fsp3) is 0.296. The first-order chi connectivity index (χ1) is 18.1. The molecule has 0 bridgehead atoms. The minimum atomic E-state index is -0.240. The van der Waals surface area contributed by atoms with Gasteiger partial charge in [-0.15, -0.1) is 0 Å². The van der Waals surface area contributed by atoms with Gasteiger partial charge in [0.25, 0.3) is 0 Å². The number of rotatable bonds is 6. The number of anilines is 2. The van der Waals surface area contributed by atoms with Crippen LogP contribution in [0.3, 0.4) is 0 Å². The number of carbonyl (C=O) groups is 1. The molecule has 10 nitrogen and oxygen atoms in total. The lowest BCUT2D eigenvalue weighted by Crippen LogP contribution is -2.29. The van der Waals surface area contributed by atoms with Gasteiger partial charge in [-0.25, -0.2) is 14.3 Å². The molecule has 0 saturated carbocycles. The van der Waals surface area contributed by atoms with Crippen LogP contribution in [-0.2, 0) is 11.3 Å². The molecule has 0 radical (unpaired) electrons. The van der Waals surface area contributed by atoms with Crippen molar-refractivity contribution in [1.82, 2.24) is 25.1 Å². The summed E-state index contributed by atoms with van der Waals surface area (Å²) in [5, 5.41) is 16.7. The van der Waals surface area contributed by atoms with E-state index in [0.717, 1.165) is 59.6 Å². The van der Waals surface area contributed by atoms with E-state index in [9.17, 15) is 4.79 Å². The van der Waals surface area contributed by atoms with Gasteiger partial charge in [-0.2, -0.15) is 5.10 Å². The summed E-state index contributed by atoms with van der Waals surface area (Å²) >= 11 is 0. The van der Waals surface area contributed by atoms with Gasteiger partial charge in [-0.05, 0) is 78.0 Å². The molecule has 0 aliphatic carbocycles. The molecule has 5 aromatic rings. The molecule has 37 heavy (non-hydrogen) atoms. The highest BCUT2D eigenvalue weighted by Gasteiger charge is 2.21. The first-order valence-corrected chi connectivity index (χ1v) is 12.4. The van der Waals surface area contributed by atoms with E-state index in [1.807, 2.05) is 49.4 Å². The van der Waals surface area contributed by atoms with Crippen LogP contribution in [0.2, 0.25) is 0 Å². The Morgan fingerprint density at radius 2 is 1.81 bits per heavy atom. The van der Waals surface area contributed by atoms with Crippen molar-refractivity contribution in [3.8, 4) is 16.9 Å². The molecule has 4 heterocycles. The molecule has 1 fully saturated rings. The van der Waals surface area contributed by atoms with E-state index in [0.29, 0.717) is 22.4 Å². The molecule has 2 aromatic carbocycles. The van der Waals surface area contributed by atoms with Crippen molar-refractivity contribution in [2.45, 2.75) is 32.7 Å². The van der Waals surface area contributed by atoms with Gasteiger partial charge in [0.2, 0.25) is 5.91 Å². The molecule has 6 rings (SSSR count). The molecule has 1 saturated heterocycles. The first-order valence-electron chi connectivity index (χ1n) is 12.4. The SMILES string of the molecule is COc1ccc(-c2ccnc3c2c(C)nn3CC(=O)Nc2ccc(N3CCCCC3)c3nonc23)cc1. The van der Waals surface area contributed by atoms with Gasteiger partial charge in [0.1, 0.15) is 12.3 Å². The van der Waals surface area contributed by atoms with Crippen LogP contribution in [0.15, 0.2) is 53.3 Å². The zero-order valence-electron chi connectivity index (χ0n) is 20.8. The van der Waals surface area contributed by atoms with Crippen LogP contribution in [0, 0.1) is 6.92 Å². The summed E-state index contributed by atoms with van der Waals surface area (Å²) in [4.78, 5) is 19.9. The highest BCUT2D eigenvalue weighted by Crippen LogP contribution is 2.33.